The molecule has 0 aromatic carbocycles. The zero-order valence-corrected chi connectivity index (χ0v) is 21.3. The van der Waals surface area contributed by atoms with Gasteiger partial charge in [-0.05, 0) is 20.8 Å². The van der Waals surface area contributed by atoms with Gasteiger partial charge in [-0.3, -0.25) is 29.3 Å². The standard InChI is InChI=1S/C23H41N3O9/c1-5-21(31)25-7-9-33-11-13-35-15-14-34-12-10-32-8-6-18(28)22(17(2)27)26-23(3,4)19(29)16-20(24)30/h22,26H,5-16H2,1-4H3,(H2,24,30)(H,25,31). The summed E-state index contributed by atoms with van der Waals surface area (Å²) in [7, 11) is 0. The van der Waals surface area contributed by atoms with Crippen LogP contribution in [0.4, 0.5) is 0 Å². The van der Waals surface area contributed by atoms with Crippen molar-refractivity contribution in [3.05, 3.63) is 0 Å². The average molecular weight is 504 g/mol. The van der Waals surface area contributed by atoms with Crippen molar-refractivity contribution in [2.75, 3.05) is 59.4 Å². The van der Waals surface area contributed by atoms with Crippen molar-refractivity contribution >= 4 is 29.2 Å². The number of Topliss-reactive ketones (excluding diaryl/α,β-unsaturated/α-hetero) is 3. The molecule has 0 saturated heterocycles. The van der Waals surface area contributed by atoms with Gasteiger partial charge in [0.15, 0.2) is 17.3 Å². The maximum absolute atomic E-state index is 12.4. The van der Waals surface area contributed by atoms with E-state index in [0.29, 0.717) is 52.6 Å². The number of nitrogens with one attached hydrogen (secondary N) is 2. The number of ether oxygens (including phenoxy) is 4. The molecule has 0 fully saturated rings. The predicted molar refractivity (Wildman–Crippen MR) is 127 cm³/mol. The molecule has 0 spiro atoms. The molecule has 0 aromatic heterocycles. The van der Waals surface area contributed by atoms with Gasteiger partial charge < -0.3 is 30.0 Å². The van der Waals surface area contributed by atoms with Crippen molar-refractivity contribution in [2.45, 2.75) is 58.5 Å². The second-order valence-corrected chi connectivity index (χ2v) is 8.25. The molecule has 1 atom stereocenters. The van der Waals surface area contributed by atoms with Crippen LogP contribution in [-0.2, 0) is 42.9 Å². The van der Waals surface area contributed by atoms with E-state index in [1.54, 1.807) is 6.92 Å². The molecule has 202 valence electrons. The van der Waals surface area contributed by atoms with Gasteiger partial charge in [0.05, 0.1) is 64.8 Å². The van der Waals surface area contributed by atoms with Gasteiger partial charge in [0.25, 0.3) is 0 Å². The summed E-state index contributed by atoms with van der Waals surface area (Å²) in [6.45, 7) is 9.19. The highest BCUT2D eigenvalue weighted by Crippen LogP contribution is 2.10. The van der Waals surface area contributed by atoms with Crippen molar-refractivity contribution in [3.63, 3.8) is 0 Å². The van der Waals surface area contributed by atoms with Crippen LogP contribution in [-0.4, -0.2) is 100 Å². The molecule has 0 radical (unpaired) electrons. The average Bonchev–Trinajstić information content (AvgIpc) is 2.78. The minimum atomic E-state index is -1.27. The quantitative estimate of drug-likeness (QED) is 0.120. The van der Waals surface area contributed by atoms with Gasteiger partial charge in [-0.2, -0.15) is 0 Å². The fourth-order valence-corrected chi connectivity index (χ4v) is 2.70. The molecule has 0 aliphatic carbocycles. The Bertz CT molecular complexity index is 683. The van der Waals surface area contributed by atoms with Crippen molar-refractivity contribution in [1.29, 1.82) is 0 Å². The molecule has 0 bridgehead atoms. The molecule has 1 unspecified atom stereocenters. The van der Waals surface area contributed by atoms with Crippen LogP contribution < -0.4 is 16.4 Å². The van der Waals surface area contributed by atoms with Crippen LogP contribution in [0.15, 0.2) is 0 Å². The first-order chi connectivity index (χ1) is 16.5. The van der Waals surface area contributed by atoms with Crippen molar-refractivity contribution in [2.24, 2.45) is 5.73 Å². The third-order valence-electron chi connectivity index (χ3n) is 4.76. The second kappa shape index (κ2) is 19.0. The lowest BCUT2D eigenvalue weighted by molar-refractivity contribution is -0.132. The molecule has 12 heteroatoms. The molecule has 4 N–H and O–H groups in total. The van der Waals surface area contributed by atoms with Crippen molar-refractivity contribution in [1.82, 2.24) is 10.6 Å². The molecule has 0 rings (SSSR count). The Morgan fingerprint density at radius 3 is 1.77 bits per heavy atom. The molecule has 0 aliphatic rings. The van der Waals surface area contributed by atoms with Gasteiger partial charge in [-0.25, -0.2) is 0 Å². The lowest BCUT2D eigenvalue weighted by Crippen LogP contribution is -2.57. The summed E-state index contributed by atoms with van der Waals surface area (Å²) in [4.78, 5) is 58.5. The molecule has 2 amide bonds. The Morgan fingerprint density at radius 1 is 0.829 bits per heavy atom. The highest BCUT2D eigenvalue weighted by atomic mass is 16.6. The maximum Gasteiger partial charge on any atom is 0.224 e. The Hall–Kier alpha value is -2.25. The first-order valence-corrected chi connectivity index (χ1v) is 11.7. The molecule has 35 heavy (non-hydrogen) atoms. The summed E-state index contributed by atoms with van der Waals surface area (Å²) in [5, 5.41) is 5.44. The normalized spacial score (nSPS) is 12.2. The van der Waals surface area contributed by atoms with Crippen molar-refractivity contribution in [3.8, 4) is 0 Å². The van der Waals surface area contributed by atoms with E-state index in [-0.39, 0.29) is 25.5 Å². The number of carbonyl (C=O) groups excluding carboxylic acids is 5. The lowest BCUT2D eigenvalue weighted by Gasteiger charge is -2.28. The number of carbonyl (C=O) groups is 5. The Kier molecular flexibility index (Phi) is 17.8. The van der Waals surface area contributed by atoms with Gasteiger partial charge >= 0.3 is 0 Å². The smallest absolute Gasteiger partial charge is 0.224 e. The molecule has 0 aromatic rings. The maximum atomic E-state index is 12.4. The number of nitrogens with two attached hydrogens (primary N) is 1. The molecular formula is C23H41N3O9. The topological polar surface area (TPSA) is 172 Å². The monoisotopic (exact) mass is 503 g/mol. The SMILES string of the molecule is CCC(=O)NCCOCCOCCOCCOCCC(=O)C(NC(C)(C)C(=O)CC(N)=O)C(C)=O. The van der Waals surface area contributed by atoms with E-state index in [9.17, 15) is 24.0 Å². The minimum absolute atomic E-state index is 0.00899. The highest BCUT2D eigenvalue weighted by molar-refractivity contribution is 6.07. The zero-order valence-electron chi connectivity index (χ0n) is 21.3. The number of primary amides is 1. The highest BCUT2D eigenvalue weighted by Gasteiger charge is 2.35. The summed E-state index contributed by atoms with van der Waals surface area (Å²) in [6.07, 6.45) is -0.0596. The molecule has 0 heterocycles. The fraction of sp³-hybridized carbons (Fsp3) is 0.783. The lowest BCUT2D eigenvalue weighted by atomic mass is 9.93. The van der Waals surface area contributed by atoms with Crippen LogP contribution in [0.1, 0.15) is 47.0 Å². The van der Waals surface area contributed by atoms with E-state index in [1.807, 2.05) is 0 Å². The zero-order chi connectivity index (χ0) is 26.7. The Morgan fingerprint density at radius 2 is 1.31 bits per heavy atom. The van der Waals surface area contributed by atoms with Crippen LogP contribution in [0.3, 0.4) is 0 Å². The predicted octanol–water partition coefficient (Wildman–Crippen LogP) is -0.691. The molecular weight excluding hydrogens is 462 g/mol. The minimum Gasteiger partial charge on any atom is -0.379 e. The Labute approximate surface area is 206 Å². The third kappa shape index (κ3) is 16.9. The number of amides is 2. The van der Waals surface area contributed by atoms with Gasteiger partial charge in [0, 0.05) is 19.4 Å². The summed E-state index contributed by atoms with van der Waals surface area (Å²) < 4.78 is 21.4. The van der Waals surface area contributed by atoms with E-state index in [4.69, 9.17) is 24.7 Å². The largest absolute Gasteiger partial charge is 0.379 e. The summed E-state index contributed by atoms with van der Waals surface area (Å²) in [5.41, 5.74) is 3.78. The number of rotatable bonds is 23. The van der Waals surface area contributed by atoms with Gasteiger partial charge in [0.2, 0.25) is 11.8 Å². The number of hydrogen-bond donors (Lipinski definition) is 3. The molecule has 0 aliphatic heterocycles. The molecule has 12 nitrogen and oxygen atoms in total. The number of ketones is 3. The van der Waals surface area contributed by atoms with Crippen LogP contribution in [0.2, 0.25) is 0 Å². The van der Waals surface area contributed by atoms with Crippen LogP contribution in [0.25, 0.3) is 0 Å². The van der Waals surface area contributed by atoms with Gasteiger partial charge in [0.1, 0.15) is 6.04 Å². The van der Waals surface area contributed by atoms with E-state index in [1.165, 1.54) is 20.8 Å². The van der Waals surface area contributed by atoms with Crippen LogP contribution in [0, 0.1) is 0 Å². The summed E-state index contributed by atoms with van der Waals surface area (Å²) >= 11 is 0. The van der Waals surface area contributed by atoms with E-state index >= 15 is 0 Å². The van der Waals surface area contributed by atoms with E-state index in [2.05, 4.69) is 10.6 Å². The second-order valence-electron chi connectivity index (χ2n) is 8.25. The van der Waals surface area contributed by atoms with Crippen LogP contribution in [0.5, 0.6) is 0 Å². The van der Waals surface area contributed by atoms with Gasteiger partial charge in [-0.15, -0.1) is 0 Å². The summed E-state index contributed by atoms with van der Waals surface area (Å²) in [6, 6.07) is -1.18. The third-order valence-corrected chi connectivity index (χ3v) is 4.76. The van der Waals surface area contributed by atoms with Gasteiger partial charge in [-0.1, -0.05) is 6.92 Å². The van der Waals surface area contributed by atoms with E-state index < -0.39 is 41.3 Å². The molecule has 0 saturated carbocycles. The Balaban J connectivity index is 3.86. The van der Waals surface area contributed by atoms with E-state index in [0.717, 1.165) is 0 Å². The first kappa shape index (κ1) is 32.8. The summed E-state index contributed by atoms with van der Waals surface area (Å²) in [5.74, 6) is -2.15. The number of hydrogen-bond acceptors (Lipinski definition) is 10. The van der Waals surface area contributed by atoms with Crippen molar-refractivity contribution < 1.29 is 42.9 Å². The van der Waals surface area contributed by atoms with Crippen LogP contribution >= 0.6 is 0 Å². The first-order valence-electron chi connectivity index (χ1n) is 11.7. The fourth-order valence-electron chi connectivity index (χ4n) is 2.70.